The van der Waals surface area contributed by atoms with Gasteiger partial charge in [-0.1, -0.05) is 32.0 Å². The van der Waals surface area contributed by atoms with Crippen LogP contribution < -0.4 is 10.9 Å². The van der Waals surface area contributed by atoms with E-state index in [1.807, 2.05) is 36.9 Å². The van der Waals surface area contributed by atoms with E-state index in [9.17, 15) is 9.59 Å². The van der Waals surface area contributed by atoms with Crippen LogP contribution in [0.3, 0.4) is 0 Å². The first-order chi connectivity index (χ1) is 13.5. The number of benzene rings is 1. The van der Waals surface area contributed by atoms with Crippen molar-refractivity contribution < 1.29 is 4.79 Å². The third-order valence-electron chi connectivity index (χ3n) is 5.78. The molecule has 2 heterocycles. The largest absolute Gasteiger partial charge is 0.337 e. The van der Waals surface area contributed by atoms with Gasteiger partial charge in [0.05, 0.1) is 5.39 Å². The Morgan fingerprint density at radius 3 is 2.41 bits per heavy atom. The summed E-state index contributed by atoms with van der Waals surface area (Å²) in [5.74, 6) is 1.09. The van der Waals surface area contributed by atoms with Gasteiger partial charge >= 0.3 is 0 Å². The number of hydrogen-bond donors (Lipinski definition) is 1. The summed E-state index contributed by atoms with van der Waals surface area (Å²) >= 11 is 0. The van der Waals surface area contributed by atoms with Crippen LogP contribution in [0, 0.1) is 11.8 Å². The number of fused-ring (bicyclic) bond motifs is 1. The van der Waals surface area contributed by atoms with Crippen molar-refractivity contribution >= 4 is 29.1 Å². The summed E-state index contributed by atoms with van der Waals surface area (Å²) in [4.78, 5) is 27.9. The van der Waals surface area contributed by atoms with Gasteiger partial charge in [0.1, 0.15) is 0 Å². The molecule has 0 unspecified atom stereocenters. The van der Waals surface area contributed by atoms with Gasteiger partial charge in [-0.3, -0.25) is 9.59 Å². The molecule has 2 aliphatic rings. The molecule has 158 valence electrons. The van der Waals surface area contributed by atoms with Crippen molar-refractivity contribution in [3.05, 3.63) is 40.3 Å². The third kappa shape index (κ3) is 4.98. The highest BCUT2D eigenvalue weighted by Gasteiger charge is 2.28. The van der Waals surface area contributed by atoms with E-state index in [1.165, 1.54) is 17.5 Å². The maximum absolute atomic E-state index is 13.3. The van der Waals surface area contributed by atoms with Gasteiger partial charge in [0.15, 0.2) is 5.69 Å². The Morgan fingerprint density at radius 2 is 1.79 bits per heavy atom. The molecule has 1 saturated carbocycles. The van der Waals surface area contributed by atoms with Gasteiger partial charge in [-0.25, -0.2) is 4.68 Å². The maximum Gasteiger partial charge on any atom is 0.274 e. The SMILES string of the molecule is CC(C)Cn1nc(C(=O)N2CCC(NCC3CC3)CC2)c2ccccc2c1=O.Cl. The standard InChI is InChI=1S/C22H30N4O2.ClH/c1-15(2)14-26-21(27)19-6-4-3-5-18(19)20(24-26)22(28)25-11-9-17(10-12-25)23-13-16-7-8-16;/h3-6,15-17,23H,7-14H2,1-2H3;1H. The first kappa shape index (κ1) is 21.8. The molecule has 1 aliphatic heterocycles. The lowest BCUT2D eigenvalue weighted by molar-refractivity contribution is 0.0698. The topological polar surface area (TPSA) is 67.2 Å². The second kappa shape index (κ2) is 9.26. The number of amides is 1. The van der Waals surface area contributed by atoms with Gasteiger partial charge in [0.2, 0.25) is 0 Å². The van der Waals surface area contributed by atoms with Gasteiger partial charge in [0, 0.05) is 31.1 Å². The smallest absolute Gasteiger partial charge is 0.274 e. The lowest BCUT2D eigenvalue weighted by atomic mass is 10.0. The number of carbonyl (C=O) groups is 1. The van der Waals surface area contributed by atoms with Crippen LogP contribution in [0.25, 0.3) is 10.8 Å². The summed E-state index contributed by atoms with van der Waals surface area (Å²) in [5, 5.41) is 9.38. The van der Waals surface area contributed by atoms with Crippen molar-refractivity contribution in [2.75, 3.05) is 19.6 Å². The molecule has 1 amide bonds. The molecular weight excluding hydrogens is 388 g/mol. The molecule has 6 nitrogen and oxygen atoms in total. The number of aromatic nitrogens is 2. The van der Waals surface area contributed by atoms with Gasteiger partial charge < -0.3 is 10.2 Å². The molecule has 1 aromatic heterocycles. The minimum absolute atomic E-state index is 0. The molecular formula is C22H31ClN4O2. The second-order valence-corrected chi connectivity index (χ2v) is 8.69. The van der Waals surface area contributed by atoms with Crippen molar-refractivity contribution in [2.45, 2.75) is 52.1 Å². The lowest BCUT2D eigenvalue weighted by Crippen LogP contribution is -2.46. The van der Waals surface area contributed by atoms with E-state index in [1.54, 1.807) is 6.07 Å². The van der Waals surface area contributed by atoms with Crippen molar-refractivity contribution in [3.63, 3.8) is 0 Å². The molecule has 1 saturated heterocycles. The summed E-state index contributed by atoms with van der Waals surface area (Å²) in [6.45, 7) is 7.19. The summed E-state index contributed by atoms with van der Waals surface area (Å²) in [6.07, 6.45) is 4.66. The predicted molar refractivity (Wildman–Crippen MR) is 118 cm³/mol. The van der Waals surface area contributed by atoms with Crippen LogP contribution in [-0.2, 0) is 6.54 Å². The van der Waals surface area contributed by atoms with Crippen molar-refractivity contribution in [1.29, 1.82) is 0 Å². The fraction of sp³-hybridized carbons (Fsp3) is 0.591. The van der Waals surface area contributed by atoms with Crippen LogP contribution in [0.1, 0.15) is 50.0 Å². The highest BCUT2D eigenvalue weighted by atomic mass is 35.5. The summed E-state index contributed by atoms with van der Waals surface area (Å²) in [5.41, 5.74) is 0.282. The number of nitrogens with one attached hydrogen (secondary N) is 1. The first-order valence-corrected chi connectivity index (χ1v) is 10.6. The molecule has 1 aliphatic carbocycles. The fourth-order valence-electron chi connectivity index (χ4n) is 3.95. The zero-order chi connectivity index (χ0) is 19.7. The quantitative estimate of drug-likeness (QED) is 0.782. The molecule has 0 radical (unpaired) electrons. The summed E-state index contributed by atoms with van der Waals surface area (Å²) in [7, 11) is 0. The Bertz CT molecular complexity index is 915. The molecule has 1 N–H and O–H groups in total. The Morgan fingerprint density at radius 1 is 1.14 bits per heavy atom. The molecule has 2 aromatic rings. The van der Waals surface area contributed by atoms with Crippen molar-refractivity contribution in [2.24, 2.45) is 11.8 Å². The van der Waals surface area contributed by atoms with Crippen LogP contribution in [0.5, 0.6) is 0 Å². The normalized spacial score (nSPS) is 17.6. The molecule has 0 spiro atoms. The monoisotopic (exact) mass is 418 g/mol. The minimum Gasteiger partial charge on any atom is -0.337 e. The average molecular weight is 419 g/mol. The fourth-order valence-corrected chi connectivity index (χ4v) is 3.95. The number of hydrogen-bond acceptors (Lipinski definition) is 4. The van der Waals surface area contributed by atoms with E-state index < -0.39 is 0 Å². The Kier molecular flexibility index (Phi) is 6.96. The van der Waals surface area contributed by atoms with Crippen LogP contribution in [-0.4, -0.2) is 46.3 Å². The number of halogens is 1. The molecule has 0 bridgehead atoms. The maximum atomic E-state index is 13.3. The van der Waals surface area contributed by atoms with Crippen molar-refractivity contribution in [1.82, 2.24) is 20.0 Å². The van der Waals surface area contributed by atoms with Crippen LogP contribution in [0.4, 0.5) is 0 Å². The van der Waals surface area contributed by atoms with E-state index in [-0.39, 0.29) is 29.8 Å². The van der Waals surface area contributed by atoms with Crippen LogP contribution in [0.15, 0.2) is 29.1 Å². The average Bonchev–Trinajstić information content (AvgIpc) is 3.53. The summed E-state index contributed by atoms with van der Waals surface area (Å²) < 4.78 is 1.46. The highest BCUT2D eigenvalue weighted by molar-refractivity contribution is 6.04. The molecule has 7 heteroatoms. The van der Waals surface area contributed by atoms with Gasteiger partial charge in [-0.05, 0) is 50.1 Å². The number of rotatable bonds is 6. The molecule has 0 atom stereocenters. The Labute approximate surface area is 178 Å². The number of piperidine rings is 1. The third-order valence-corrected chi connectivity index (χ3v) is 5.78. The minimum atomic E-state index is -0.121. The number of likely N-dealkylation sites (tertiary alicyclic amines) is 1. The van der Waals surface area contributed by atoms with Crippen LogP contribution in [0.2, 0.25) is 0 Å². The van der Waals surface area contributed by atoms with Gasteiger partial charge in [0.25, 0.3) is 11.5 Å². The zero-order valence-corrected chi connectivity index (χ0v) is 18.1. The molecule has 1 aromatic carbocycles. The van der Waals surface area contributed by atoms with E-state index in [0.717, 1.165) is 38.4 Å². The van der Waals surface area contributed by atoms with E-state index in [2.05, 4.69) is 10.4 Å². The zero-order valence-electron chi connectivity index (χ0n) is 17.3. The van der Waals surface area contributed by atoms with Gasteiger partial charge in [-0.15, -0.1) is 12.4 Å². The second-order valence-electron chi connectivity index (χ2n) is 8.69. The van der Waals surface area contributed by atoms with E-state index >= 15 is 0 Å². The van der Waals surface area contributed by atoms with Gasteiger partial charge in [-0.2, -0.15) is 5.10 Å². The lowest BCUT2D eigenvalue weighted by Gasteiger charge is -2.32. The predicted octanol–water partition coefficient (Wildman–Crippen LogP) is 3.08. The van der Waals surface area contributed by atoms with Crippen LogP contribution >= 0.6 is 12.4 Å². The number of carbonyl (C=O) groups excluding carboxylic acids is 1. The summed E-state index contributed by atoms with van der Waals surface area (Å²) in [6, 6.07) is 7.83. The Balaban J connectivity index is 0.00000240. The van der Waals surface area contributed by atoms with E-state index in [4.69, 9.17) is 0 Å². The van der Waals surface area contributed by atoms with E-state index in [0.29, 0.717) is 29.1 Å². The highest BCUT2D eigenvalue weighted by Crippen LogP contribution is 2.28. The molecule has 2 fully saturated rings. The molecule has 29 heavy (non-hydrogen) atoms. The van der Waals surface area contributed by atoms with Crippen molar-refractivity contribution in [3.8, 4) is 0 Å². The Hall–Kier alpha value is -1.92. The number of nitrogens with zero attached hydrogens (tertiary/aromatic N) is 3. The first-order valence-electron chi connectivity index (χ1n) is 10.6. The molecule has 4 rings (SSSR count).